The molecule has 5 rings (SSSR count). The molecule has 3 aromatic heterocycles. The first kappa shape index (κ1) is 22.8. The van der Waals surface area contributed by atoms with Crippen molar-refractivity contribution in [1.29, 1.82) is 5.26 Å². The van der Waals surface area contributed by atoms with Crippen molar-refractivity contribution in [1.82, 2.24) is 24.3 Å². The Balaban J connectivity index is 1.70. The fourth-order valence-electron chi connectivity index (χ4n) is 4.83. The molecule has 7 nitrogen and oxygen atoms in total. The van der Waals surface area contributed by atoms with Gasteiger partial charge in [-0.3, -0.25) is 9.38 Å². The molecule has 0 atom stereocenters. The van der Waals surface area contributed by atoms with E-state index in [-0.39, 0.29) is 0 Å². The molecule has 0 spiro atoms. The summed E-state index contributed by atoms with van der Waals surface area (Å²) in [6, 6.07) is 12.5. The molecule has 0 aliphatic carbocycles. The fourth-order valence-corrected chi connectivity index (χ4v) is 4.83. The van der Waals surface area contributed by atoms with E-state index < -0.39 is 0 Å². The highest BCUT2D eigenvalue weighted by Crippen LogP contribution is 2.37. The first-order chi connectivity index (χ1) is 17.1. The molecule has 0 N–H and O–H groups in total. The molecule has 176 valence electrons. The Morgan fingerprint density at radius 1 is 1.09 bits per heavy atom. The normalized spacial score (nSPS) is 14.8. The number of rotatable bonds is 5. The predicted octanol–water partition coefficient (Wildman–Crippen LogP) is 4.89. The van der Waals surface area contributed by atoms with Crippen LogP contribution in [0.25, 0.3) is 34.1 Å². The number of aromatic nitrogens is 4. The summed E-state index contributed by atoms with van der Waals surface area (Å²) < 4.78 is 2.10. The van der Waals surface area contributed by atoms with E-state index in [4.69, 9.17) is 9.97 Å². The smallest absolute Gasteiger partial charge is 0.211 e. The van der Waals surface area contributed by atoms with Crippen molar-refractivity contribution >= 4 is 17.7 Å². The number of benzene rings is 1. The van der Waals surface area contributed by atoms with Gasteiger partial charge in [0.25, 0.3) is 0 Å². The Hall–Kier alpha value is -4.02. The molecule has 1 fully saturated rings. The summed E-state index contributed by atoms with van der Waals surface area (Å²) in [7, 11) is 4.31. The third-order valence-electron chi connectivity index (χ3n) is 6.70. The SMILES string of the molecule is C/C=C\c1cncc(-c2c(-c3ccc(C#N)cc3)nc(N3CCC(N(C)C)CC3)n3ccnc23)c1. The van der Waals surface area contributed by atoms with Crippen LogP contribution in [0.4, 0.5) is 5.95 Å². The Kier molecular flexibility index (Phi) is 6.30. The maximum Gasteiger partial charge on any atom is 0.211 e. The van der Waals surface area contributed by atoms with E-state index in [0.717, 1.165) is 65.5 Å². The first-order valence-electron chi connectivity index (χ1n) is 12.0. The topological polar surface area (TPSA) is 73.4 Å². The minimum atomic E-state index is 0.585. The van der Waals surface area contributed by atoms with Gasteiger partial charge >= 0.3 is 0 Å². The number of hydrogen-bond donors (Lipinski definition) is 0. The second-order valence-electron chi connectivity index (χ2n) is 9.13. The average molecular weight is 464 g/mol. The zero-order valence-corrected chi connectivity index (χ0v) is 20.4. The highest BCUT2D eigenvalue weighted by Gasteiger charge is 2.26. The minimum Gasteiger partial charge on any atom is -0.342 e. The molecule has 1 saturated heterocycles. The molecule has 0 unspecified atom stereocenters. The summed E-state index contributed by atoms with van der Waals surface area (Å²) in [5.41, 5.74) is 6.19. The highest BCUT2D eigenvalue weighted by molar-refractivity contribution is 5.91. The summed E-state index contributed by atoms with van der Waals surface area (Å²) in [6.07, 6.45) is 13.8. The zero-order chi connectivity index (χ0) is 24.4. The van der Waals surface area contributed by atoms with Crippen molar-refractivity contribution < 1.29 is 0 Å². The number of nitrogens with zero attached hydrogens (tertiary/aromatic N) is 7. The van der Waals surface area contributed by atoms with Crippen molar-refractivity contribution in [2.45, 2.75) is 25.8 Å². The fraction of sp³-hybridized carbons (Fsp3) is 0.286. The average Bonchev–Trinajstić information content (AvgIpc) is 3.38. The number of imidazole rings is 1. The predicted molar refractivity (Wildman–Crippen MR) is 140 cm³/mol. The van der Waals surface area contributed by atoms with E-state index in [0.29, 0.717) is 11.6 Å². The number of pyridine rings is 1. The quantitative estimate of drug-likeness (QED) is 0.419. The number of fused-ring (bicyclic) bond motifs is 1. The van der Waals surface area contributed by atoms with Gasteiger partial charge in [-0.05, 0) is 57.6 Å². The van der Waals surface area contributed by atoms with E-state index in [9.17, 15) is 5.26 Å². The van der Waals surface area contributed by atoms with Crippen LogP contribution in [0, 0.1) is 11.3 Å². The number of nitriles is 1. The van der Waals surface area contributed by atoms with Crippen LogP contribution >= 0.6 is 0 Å². The maximum absolute atomic E-state index is 9.30. The van der Waals surface area contributed by atoms with Crippen molar-refractivity contribution in [3.63, 3.8) is 0 Å². The maximum atomic E-state index is 9.30. The molecule has 4 aromatic rings. The molecule has 35 heavy (non-hydrogen) atoms. The van der Waals surface area contributed by atoms with E-state index in [1.165, 1.54) is 0 Å². The molecule has 0 radical (unpaired) electrons. The van der Waals surface area contributed by atoms with Gasteiger partial charge in [0.05, 0.1) is 22.9 Å². The number of hydrogen-bond acceptors (Lipinski definition) is 6. The summed E-state index contributed by atoms with van der Waals surface area (Å²) in [5, 5.41) is 9.30. The van der Waals surface area contributed by atoms with Crippen LogP contribution in [-0.2, 0) is 0 Å². The standard InChI is InChI=1S/C28H29N7/c1-4-5-21-16-23(19-30-18-21)25-26(22-8-6-20(17-29)7-9-22)32-28(35-15-12-31-27(25)35)34-13-10-24(11-14-34)33(2)3/h4-9,12,15-16,18-19,24H,10-11,13-14H2,1-3H3/b5-4-. The molecule has 0 bridgehead atoms. The van der Waals surface area contributed by atoms with Crippen LogP contribution in [0.2, 0.25) is 0 Å². The van der Waals surface area contributed by atoms with Gasteiger partial charge in [-0.2, -0.15) is 5.26 Å². The Morgan fingerprint density at radius 3 is 2.54 bits per heavy atom. The summed E-state index contributed by atoms with van der Waals surface area (Å²) in [6.45, 7) is 3.87. The van der Waals surface area contributed by atoms with Gasteiger partial charge in [-0.25, -0.2) is 9.97 Å². The Morgan fingerprint density at radius 2 is 1.86 bits per heavy atom. The lowest BCUT2D eigenvalue weighted by atomic mass is 9.99. The van der Waals surface area contributed by atoms with E-state index >= 15 is 0 Å². The lowest BCUT2D eigenvalue weighted by Gasteiger charge is -2.36. The van der Waals surface area contributed by atoms with Gasteiger partial charge in [0.1, 0.15) is 5.65 Å². The first-order valence-corrected chi connectivity index (χ1v) is 12.0. The van der Waals surface area contributed by atoms with Crippen LogP contribution in [0.3, 0.4) is 0 Å². The molecule has 1 aromatic carbocycles. The molecule has 1 aliphatic rings. The summed E-state index contributed by atoms with van der Waals surface area (Å²) in [4.78, 5) is 19.2. The monoisotopic (exact) mass is 463 g/mol. The van der Waals surface area contributed by atoms with E-state index in [2.05, 4.69) is 45.4 Å². The molecule has 0 saturated carbocycles. The van der Waals surface area contributed by atoms with Gasteiger partial charge in [-0.15, -0.1) is 0 Å². The summed E-state index contributed by atoms with van der Waals surface area (Å²) >= 11 is 0. The minimum absolute atomic E-state index is 0.585. The van der Waals surface area contributed by atoms with Gasteiger partial charge in [-0.1, -0.05) is 24.3 Å². The summed E-state index contributed by atoms with van der Waals surface area (Å²) in [5.74, 6) is 0.899. The highest BCUT2D eigenvalue weighted by atomic mass is 15.3. The number of allylic oxidation sites excluding steroid dienone is 1. The second kappa shape index (κ2) is 9.69. The molecular weight excluding hydrogens is 434 g/mol. The van der Waals surface area contributed by atoms with Gasteiger partial charge in [0.15, 0.2) is 0 Å². The van der Waals surface area contributed by atoms with Gasteiger partial charge in [0, 0.05) is 55.0 Å². The van der Waals surface area contributed by atoms with E-state index in [1.807, 2.05) is 68.1 Å². The van der Waals surface area contributed by atoms with Crippen molar-refractivity contribution in [2.75, 3.05) is 32.1 Å². The van der Waals surface area contributed by atoms with Gasteiger partial charge < -0.3 is 9.80 Å². The lowest BCUT2D eigenvalue weighted by Crippen LogP contribution is -2.43. The Labute approximate surface area is 206 Å². The van der Waals surface area contributed by atoms with Crippen LogP contribution < -0.4 is 4.90 Å². The molecule has 1 aliphatic heterocycles. The van der Waals surface area contributed by atoms with Gasteiger partial charge in [0.2, 0.25) is 5.95 Å². The largest absolute Gasteiger partial charge is 0.342 e. The molecule has 0 amide bonds. The molecule has 7 heteroatoms. The molecular formula is C28H29N7. The lowest BCUT2D eigenvalue weighted by molar-refractivity contribution is 0.249. The second-order valence-corrected chi connectivity index (χ2v) is 9.13. The van der Waals surface area contributed by atoms with Crippen LogP contribution in [-0.4, -0.2) is 57.5 Å². The molecule has 4 heterocycles. The van der Waals surface area contributed by atoms with Crippen molar-refractivity contribution in [3.05, 3.63) is 72.3 Å². The van der Waals surface area contributed by atoms with Crippen molar-refractivity contribution in [2.24, 2.45) is 0 Å². The van der Waals surface area contributed by atoms with Crippen molar-refractivity contribution in [3.8, 4) is 28.5 Å². The van der Waals surface area contributed by atoms with Crippen LogP contribution in [0.15, 0.2) is 61.2 Å². The number of anilines is 1. The van der Waals surface area contributed by atoms with Crippen LogP contribution in [0.1, 0.15) is 30.9 Å². The third-order valence-corrected chi connectivity index (χ3v) is 6.70. The van der Waals surface area contributed by atoms with Crippen LogP contribution in [0.5, 0.6) is 0 Å². The Bertz CT molecular complexity index is 1400. The third kappa shape index (κ3) is 4.41. The number of piperidine rings is 1. The van der Waals surface area contributed by atoms with E-state index in [1.54, 1.807) is 0 Å². The zero-order valence-electron chi connectivity index (χ0n) is 20.4.